The number of carbonyl (C=O) groups excluding carboxylic acids is 1. The minimum Gasteiger partial charge on any atom is -0.378 e. The average Bonchev–Trinajstić information content (AvgIpc) is 3.30. The highest BCUT2D eigenvalue weighted by Gasteiger charge is 2.27. The maximum Gasteiger partial charge on any atom is 0.258 e. The number of fused-ring (bicyclic) bond motifs is 1. The third kappa shape index (κ3) is 3.61. The van der Waals surface area contributed by atoms with Crippen molar-refractivity contribution in [3.05, 3.63) is 54.0 Å². The summed E-state index contributed by atoms with van der Waals surface area (Å²) in [6.45, 7) is 1.58. The number of amides is 1. The smallest absolute Gasteiger partial charge is 0.258 e. The van der Waals surface area contributed by atoms with Crippen molar-refractivity contribution in [1.29, 1.82) is 0 Å². The van der Waals surface area contributed by atoms with E-state index in [0.717, 1.165) is 18.9 Å². The molecule has 1 saturated heterocycles. The van der Waals surface area contributed by atoms with Gasteiger partial charge in [0.2, 0.25) is 0 Å². The zero-order valence-corrected chi connectivity index (χ0v) is 17.0. The summed E-state index contributed by atoms with van der Waals surface area (Å²) in [5, 5.41) is 7.11. The molecule has 3 aromatic heterocycles. The van der Waals surface area contributed by atoms with Gasteiger partial charge in [-0.15, -0.1) is 0 Å². The Hall–Kier alpha value is -3.79. The number of pyridine rings is 1. The summed E-state index contributed by atoms with van der Waals surface area (Å²) in [5.74, 6) is 1.07. The first-order chi connectivity index (χ1) is 15.0. The molecule has 1 fully saturated rings. The minimum atomic E-state index is -0.340. The fraction of sp³-hybridized carbons (Fsp3) is 0.238. The predicted octanol–water partition coefficient (Wildman–Crippen LogP) is 2.58. The number of halogens is 1. The van der Waals surface area contributed by atoms with E-state index < -0.39 is 0 Å². The zero-order chi connectivity index (χ0) is 21.5. The Labute approximate surface area is 176 Å². The van der Waals surface area contributed by atoms with Gasteiger partial charge in [0.1, 0.15) is 17.3 Å². The fourth-order valence-corrected chi connectivity index (χ4v) is 3.52. The first-order valence-corrected chi connectivity index (χ1v) is 9.75. The number of imidazole rings is 1. The molecule has 1 amide bonds. The molecule has 0 atom stereocenters. The lowest BCUT2D eigenvalue weighted by Crippen LogP contribution is -2.52. The van der Waals surface area contributed by atoms with Crippen molar-refractivity contribution in [2.24, 2.45) is 7.05 Å². The number of aromatic nitrogens is 5. The third-order valence-electron chi connectivity index (χ3n) is 5.32. The molecular formula is C21H20FN7O2. The van der Waals surface area contributed by atoms with Crippen LogP contribution in [0.2, 0.25) is 0 Å². The number of anilines is 2. The Kier molecular flexibility index (Phi) is 4.63. The molecule has 0 bridgehead atoms. The number of aromatic amines is 1. The summed E-state index contributed by atoms with van der Waals surface area (Å²) >= 11 is 0. The fourth-order valence-electron chi connectivity index (χ4n) is 3.52. The second kappa shape index (κ2) is 7.47. The number of ether oxygens (including phenoxy) is 1. The van der Waals surface area contributed by atoms with Gasteiger partial charge in [0.15, 0.2) is 11.6 Å². The maximum atomic E-state index is 13.4. The van der Waals surface area contributed by atoms with Crippen molar-refractivity contribution >= 4 is 28.6 Å². The molecule has 31 heavy (non-hydrogen) atoms. The highest BCUT2D eigenvalue weighted by Crippen LogP contribution is 2.24. The van der Waals surface area contributed by atoms with Crippen molar-refractivity contribution in [3.63, 3.8) is 0 Å². The molecule has 0 spiro atoms. The number of carbonyl (C=O) groups is 1. The number of aryl methyl sites for hydroxylation is 1. The van der Waals surface area contributed by atoms with E-state index in [-0.39, 0.29) is 17.8 Å². The zero-order valence-electron chi connectivity index (χ0n) is 17.0. The number of hydrogen-bond acceptors (Lipinski definition) is 6. The van der Waals surface area contributed by atoms with Crippen LogP contribution in [0.15, 0.2) is 42.6 Å². The molecule has 0 unspecified atom stereocenters. The highest BCUT2D eigenvalue weighted by molar-refractivity contribution is 6.03. The second-order valence-corrected chi connectivity index (χ2v) is 7.41. The average molecular weight is 421 g/mol. The first-order valence-electron chi connectivity index (χ1n) is 9.75. The van der Waals surface area contributed by atoms with E-state index in [1.807, 2.05) is 6.07 Å². The standard InChI is InChI=1S/C21H20FN7O2/c1-28-17(20-24-15-5-4-13(22)7-16(15)25-20)8-18(27-28)26-21(30)12-3-6-19(23-9-12)29-10-14(11-29)31-2/h3-9,14H,10-11H2,1-2H3,(H,24,25)(H,26,27,30). The van der Waals surface area contributed by atoms with Gasteiger partial charge < -0.3 is 19.9 Å². The van der Waals surface area contributed by atoms with Gasteiger partial charge in [-0.2, -0.15) is 5.10 Å². The molecule has 0 radical (unpaired) electrons. The number of hydrogen-bond donors (Lipinski definition) is 2. The van der Waals surface area contributed by atoms with Gasteiger partial charge in [-0.3, -0.25) is 9.48 Å². The Morgan fingerprint density at radius 2 is 2.10 bits per heavy atom. The molecule has 0 aliphatic carbocycles. The van der Waals surface area contributed by atoms with Gasteiger partial charge >= 0.3 is 0 Å². The Bertz CT molecular complexity index is 1260. The van der Waals surface area contributed by atoms with E-state index in [9.17, 15) is 9.18 Å². The predicted molar refractivity (Wildman–Crippen MR) is 113 cm³/mol. The monoisotopic (exact) mass is 421 g/mol. The van der Waals surface area contributed by atoms with Gasteiger partial charge in [-0.05, 0) is 30.3 Å². The molecule has 4 heterocycles. The van der Waals surface area contributed by atoms with Crippen LogP contribution >= 0.6 is 0 Å². The lowest BCUT2D eigenvalue weighted by atomic mass is 10.1. The van der Waals surface area contributed by atoms with E-state index >= 15 is 0 Å². The SMILES string of the molecule is COC1CN(c2ccc(C(=O)Nc3cc(-c4nc5ccc(F)cc5[nH]4)n(C)n3)cn2)C1. The van der Waals surface area contributed by atoms with Crippen LogP contribution < -0.4 is 10.2 Å². The molecule has 2 N–H and O–H groups in total. The van der Waals surface area contributed by atoms with Gasteiger partial charge in [-0.25, -0.2) is 14.4 Å². The van der Waals surface area contributed by atoms with Crippen molar-refractivity contribution in [3.8, 4) is 11.5 Å². The van der Waals surface area contributed by atoms with Crippen molar-refractivity contribution < 1.29 is 13.9 Å². The van der Waals surface area contributed by atoms with E-state index in [0.29, 0.717) is 33.9 Å². The number of methoxy groups -OCH3 is 1. The maximum absolute atomic E-state index is 13.4. The molecule has 0 saturated carbocycles. The van der Waals surface area contributed by atoms with E-state index in [2.05, 4.69) is 30.3 Å². The Morgan fingerprint density at radius 3 is 2.84 bits per heavy atom. The van der Waals surface area contributed by atoms with Crippen LogP contribution in [0.5, 0.6) is 0 Å². The quantitative estimate of drug-likeness (QED) is 0.514. The highest BCUT2D eigenvalue weighted by atomic mass is 19.1. The molecule has 4 aromatic rings. The van der Waals surface area contributed by atoms with Crippen LogP contribution in [0.4, 0.5) is 16.0 Å². The normalized spacial score (nSPS) is 14.1. The van der Waals surface area contributed by atoms with Crippen LogP contribution in [0.3, 0.4) is 0 Å². The van der Waals surface area contributed by atoms with E-state index in [1.165, 1.54) is 12.1 Å². The van der Waals surface area contributed by atoms with Gasteiger partial charge in [0.25, 0.3) is 5.91 Å². The number of nitrogens with one attached hydrogen (secondary N) is 2. The van der Waals surface area contributed by atoms with Crippen molar-refractivity contribution in [1.82, 2.24) is 24.7 Å². The lowest BCUT2D eigenvalue weighted by molar-refractivity contribution is 0.0783. The summed E-state index contributed by atoms with van der Waals surface area (Å²) in [4.78, 5) is 26.6. The molecule has 158 valence electrons. The van der Waals surface area contributed by atoms with E-state index in [1.54, 1.807) is 43.2 Å². The van der Waals surface area contributed by atoms with Crippen molar-refractivity contribution in [2.75, 3.05) is 30.4 Å². The first kappa shape index (κ1) is 19.2. The van der Waals surface area contributed by atoms with E-state index in [4.69, 9.17) is 4.74 Å². The van der Waals surface area contributed by atoms with Crippen molar-refractivity contribution in [2.45, 2.75) is 6.10 Å². The topological polar surface area (TPSA) is 101 Å². The summed E-state index contributed by atoms with van der Waals surface area (Å²) in [5.41, 5.74) is 2.32. The van der Waals surface area contributed by atoms with Gasteiger partial charge in [-0.1, -0.05) is 0 Å². The Morgan fingerprint density at radius 1 is 1.26 bits per heavy atom. The van der Waals surface area contributed by atoms with Crippen LogP contribution in [0.25, 0.3) is 22.6 Å². The summed E-state index contributed by atoms with van der Waals surface area (Å²) < 4.78 is 20.3. The molecule has 1 aliphatic rings. The largest absolute Gasteiger partial charge is 0.378 e. The summed E-state index contributed by atoms with van der Waals surface area (Å²) in [6, 6.07) is 9.61. The number of H-pyrrole nitrogens is 1. The Balaban J connectivity index is 1.30. The molecule has 10 heteroatoms. The summed E-state index contributed by atoms with van der Waals surface area (Å²) in [6.07, 6.45) is 1.77. The molecule has 1 aromatic carbocycles. The number of rotatable bonds is 5. The minimum absolute atomic E-state index is 0.230. The molecule has 1 aliphatic heterocycles. The van der Waals surface area contributed by atoms with Crippen LogP contribution in [-0.4, -0.2) is 56.9 Å². The molecular weight excluding hydrogens is 401 g/mol. The number of nitrogens with zero attached hydrogens (tertiary/aromatic N) is 5. The van der Waals surface area contributed by atoms with Crippen LogP contribution in [-0.2, 0) is 11.8 Å². The summed E-state index contributed by atoms with van der Waals surface area (Å²) in [7, 11) is 3.44. The third-order valence-corrected chi connectivity index (χ3v) is 5.32. The molecule has 5 rings (SSSR count). The van der Waals surface area contributed by atoms with Crippen LogP contribution in [0.1, 0.15) is 10.4 Å². The van der Waals surface area contributed by atoms with Crippen LogP contribution in [0, 0.1) is 5.82 Å². The number of benzene rings is 1. The molecule has 9 nitrogen and oxygen atoms in total. The lowest BCUT2D eigenvalue weighted by Gasteiger charge is -2.38. The second-order valence-electron chi connectivity index (χ2n) is 7.41. The van der Waals surface area contributed by atoms with Gasteiger partial charge in [0.05, 0.1) is 22.7 Å². The van der Waals surface area contributed by atoms with Gasteiger partial charge in [0, 0.05) is 39.5 Å².